The molecule has 0 aromatic rings. The van der Waals surface area contributed by atoms with Crippen LogP contribution in [0.1, 0.15) is 0 Å². The number of hydrogen-bond donors (Lipinski definition) is 0. The van der Waals surface area contributed by atoms with Gasteiger partial charge in [-0.2, -0.15) is 0 Å². The Morgan fingerprint density at radius 1 is 1.50 bits per heavy atom. The van der Waals surface area contributed by atoms with E-state index in [-0.39, 0.29) is 0 Å². The van der Waals surface area contributed by atoms with Crippen LogP contribution in [0.15, 0.2) is 0 Å². The van der Waals surface area contributed by atoms with Crippen molar-refractivity contribution < 1.29 is 0 Å². The molecule has 0 aliphatic carbocycles. The van der Waals surface area contributed by atoms with E-state index in [1.54, 1.807) is 0 Å². The molecule has 4 heavy (non-hydrogen) atoms. The Kier molecular flexibility index (Phi) is 3.80. The van der Waals surface area contributed by atoms with Crippen molar-refractivity contribution in [3.05, 3.63) is 0 Å². The van der Waals surface area contributed by atoms with Crippen LogP contribution >= 0.6 is 18.6 Å². The van der Waals surface area contributed by atoms with Crippen LogP contribution in [0.25, 0.3) is 0 Å². The van der Waals surface area contributed by atoms with Gasteiger partial charge in [-0.3, -0.25) is 0 Å². The molecular formula is C2H6ISn+. The summed E-state index contributed by atoms with van der Waals surface area (Å²) in [6.07, 6.45) is 0. The Bertz CT molecular complexity index is 10.8. The summed E-state index contributed by atoms with van der Waals surface area (Å²) in [5, 5.41) is 0. The molecule has 0 spiro atoms. The molecule has 2 heteroatoms. The van der Waals surface area contributed by atoms with Gasteiger partial charge in [-0.1, -0.05) is 0 Å². The van der Waals surface area contributed by atoms with Crippen LogP contribution in [0.3, 0.4) is 0 Å². The van der Waals surface area contributed by atoms with Crippen molar-refractivity contribution in [3.8, 4) is 0 Å². The first-order chi connectivity index (χ1) is 1.73. The Labute approximate surface area is 43.9 Å². The summed E-state index contributed by atoms with van der Waals surface area (Å²) in [6.45, 7) is 0. The first kappa shape index (κ1) is 5.53. The summed E-state index contributed by atoms with van der Waals surface area (Å²) >= 11 is 1.97. The van der Waals surface area contributed by atoms with E-state index in [1.165, 1.54) is 0 Å². The van der Waals surface area contributed by atoms with Crippen LogP contribution in [-0.2, 0) is 0 Å². The minimum atomic E-state index is -0.573. The van der Waals surface area contributed by atoms with Crippen molar-refractivity contribution in [1.82, 2.24) is 0 Å². The maximum atomic E-state index is 2.54. The van der Waals surface area contributed by atoms with Crippen molar-refractivity contribution in [1.29, 1.82) is 0 Å². The quantitative estimate of drug-likeness (QED) is 0.466. The van der Waals surface area contributed by atoms with Gasteiger partial charge in [0.15, 0.2) is 0 Å². The molecule has 0 rings (SSSR count). The second-order valence-corrected chi connectivity index (χ2v) is 20.4. The Hall–Kier alpha value is 1.53. The second-order valence-electron chi connectivity index (χ2n) is 0.878. The van der Waals surface area contributed by atoms with E-state index in [0.29, 0.717) is 0 Å². The third-order valence-corrected chi connectivity index (χ3v) is 0. The second kappa shape index (κ2) is 2.75. The van der Waals surface area contributed by atoms with Gasteiger partial charge in [0.05, 0.1) is 0 Å². The summed E-state index contributed by atoms with van der Waals surface area (Å²) in [7, 11) is 0. The van der Waals surface area contributed by atoms with Gasteiger partial charge in [-0.05, 0) is 0 Å². The van der Waals surface area contributed by atoms with Gasteiger partial charge in [0.2, 0.25) is 0 Å². The summed E-state index contributed by atoms with van der Waals surface area (Å²) in [5.74, 6) is 0. The van der Waals surface area contributed by atoms with Crippen LogP contribution in [-0.4, -0.2) is 15.8 Å². The third kappa shape index (κ3) is 9.66. The molecule has 0 bridgehead atoms. The molecule has 0 heterocycles. The SMILES string of the molecule is [CH3][Sn+]([CH3])[I]. The molecule has 0 atom stereocenters. The van der Waals surface area contributed by atoms with Crippen LogP contribution in [0, 0.1) is 0 Å². The number of rotatable bonds is 0. The summed E-state index contributed by atoms with van der Waals surface area (Å²) in [5.41, 5.74) is 0. The zero-order chi connectivity index (χ0) is 3.58. The van der Waals surface area contributed by atoms with Crippen LogP contribution in [0.4, 0.5) is 0 Å². The van der Waals surface area contributed by atoms with Crippen molar-refractivity contribution in [2.75, 3.05) is 0 Å². The van der Waals surface area contributed by atoms with Crippen LogP contribution in [0.2, 0.25) is 9.88 Å². The summed E-state index contributed by atoms with van der Waals surface area (Å²) in [6, 6.07) is 0. The van der Waals surface area contributed by atoms with Crippen LogP contribution in [0.5, 0.6) is 0 Å². The Morgan fingerprint density at radius 2 is 1.50 bits per heavy atom. The predicted octanol–water partition coefficient (Wildman–Crippen LogP) is 1.67. The molecule has 0 saturated carbocycles. The van der Waals surface area contributed by atoms with E-state index in [1.807, 2.05) is 0 Å². The molecule has 0 unspecified atom stereocenters. The topological polar surface area (TPSA) is 0 Å². The van der Waals surface area contributed by atoms with Crippen LogP contribution < -0.4 is 0 Å². The van der Waals surface area contributed by atoms with Gasteiger partial charge in [0.1, 0.15) is 0 Å². The van der Waals surface area contributed by atoms with Crippen molar-refractivity contribution in [2.24, 2.45) is 0 Å². The maximum absolute atomic E-state index is 2.54. The number of halogens is 1. The van der Waals surface area contributed by atoms with Gasteiger partial charge in [0.25, 0.3) is 0 Å². The Balaban J connectivity index is 2.32. The van der Waals surface area contributed by atoms with Gasteiger partial charge in [-0.25, -0.2) is 0 Å². The van der Waals surface area contributed by atoms with Crippen molar-refractivity contribution in [3.63, 3.8) is 0 Å². The van der Waals surface area contributed by atoms with Gasteiger partial charge < -0.3 is 0 Å². The zero-order valence-electron chi connectivity index (χ0n) is 2.88. The Morgan fingerprint density at radius 3 is 1.50 bits per heavy atom. The monoisotopic (exact) mass is 277 g/mol. The summed E-state index contributed by atoms with van der Waals surface area (Å²) < 4.78 is 0. The minimum absolute atomic E-state index is 0.573. The third-order valence-electron chi connectivity index (χ3n) is 0. The fraction of sp³-hybridized carbons (Fsp3) is 1.00. The molecule has 0 aliphatic heterocycles. The molecule has 24 valence electrons. The molecule has 0 N–H and O–H groups in total. The van der Waals surface area contributed by atoms with Gasteiger partial charge >= 0.3 is 44.3 Å². The van der Waals surface area contributed by atoms with Gasteiger partial charge in [-0.15, -0.1) is 0 Å². The first-order valence-electron chi connectivity index (χ1n) is 1.19. The van der Waals surface area contributed by atoms with E-state index in [4.69, 9.17) is 0 Å². The fourth-order valence-corrected chi connectivity index (χ4v) is 0. The average Bonchev–Trinajstić information content (AvgIpc) is 0.811. The molecule has 0 fully saturated rings. The average molecular weight is 276 g/mol. The van der Waals surface area contributed by atoms with E-state index >= 15 is 0 Å². The molecule has 0 nitrogen and oxygen atoms in total. The normalized spacial score (nSPS) is 6.75. The van der Waals surface area contributed by atoms with Gasteiger partial charge in [0, 0.05) is 0 Å². The first-order valence-corrected chi connectivity index (χ1v) is 15.2. The number of hydrogen-bond acceptors (Lipinski definition) is 0. The van der Waals surface area contributed by atoms with Crippen molar-refractivity contribution >= 4 is 34.4 Å². The summed E-state index contributed by atoms with van der Waals surface area (Å²) in [4.78, 5) is 4.70. The van der Waals surface area contributed by atoms with Crippen molar-refractivity contribution in [2.45, 2.75) is 9.88 Å². The molecule has 0 amide bonds. The molecule has 0 aromatic carbocycles. The molecule has 0 saturated heterocycles. The molecule has 0 aliphatic rings. The van der Waals surface area contributed by atoms with E-state index in [0.717, 1.165) is 0 Å². The molecular weight excluding hydrogens is 270 g/mol. The van der Waals surface area contributed by atoms with E-state index in [2.05, 4.69) is 28.5 Å². The molecule has 0 radical (unpaired) electrons. The molecule has 0 aromatic heterocycles. The standard InChI is InChI=1S/2CH3.HI.Sn/h2*1H3;1H;/q;;;+2/p-1. The predicted molar refractivity (Wildman–Crippen MR) is 31.5 cm³/mol. The fourth-order valence-electron chi connectivity index (χ4n) is 0. The van der Waals surface area contributed by atoms with E-state index in [9.17, 15) is 0 Å². The van der Waals surface area contributed by atoms with E-state index < -0.39 is 15.8 Å². The zero-order valence-corrected chi connectivity index (χ0v) is 7.89.